The predicted molar refractivity (Wildman–Crippen MR) is 94.8 cm³/mol. The van der Waals surface area contributed by atoms with E-state index in [9.17, 15) is 27.9 Å². The fourth-order valence-corrected chi connectivity index (χ4v) is 2.85. The first-order valence-corrected chi connectivity index (χ1v) is 8.57. The Balaban J connectivity index is 1.57. The van der Waals surface area contributed by atoms with E-state index in [-0.39, 0.29) is 19.5 Å². The number of para-hydroxylation sites is 1. The molecule has 0 aliphatic carbocycles. The van der Waals surface area contributed by atoms with Crippen LogP contribution in [0.5, 0.6) is 5.75 Å². The number of aliphatic hydroxyl groups is 1. The number of halogens is 3. The van der Waals surface area contributed by atoms with E-state index in [0.717, 1.165) is 12.1 Å². The zero-order valence-electron chi connectivity index (χ0n) is 15.0. The van der Waals surface area contributed by atoms with Gasteiger partial charge >= 0.3 is 12.5 Å². The van der Waals surface area contributed by atoms with Crippen molar-refractivity contribution in [2.24, 2.45) is 0 Å². The maximum Gasteiger partial charge on any atom is 0.573 e. The van der Waals surface area contributed by atoms with Crippen LogP contribution in [-0.2, 0) is 16.1 Å². The maximum absolute atomic E-state index is 12.5. The van der Waals surface area contributed by atoms with Crippen LogP contribution in [0.2, 0.25) is 0 Å². The van der Waals surface area contributed by atoms with E-state index < -0.39 is 29.9 Å². The number of ether oxygens (including phenoxy) is 2. The van der Waals surface area contributed by atoms with Crippen molar-refractivity contribution in [3.63, 3.8) is 0 Å². The minimum absolute atomic E-state index is 0.122. The Morgan fingerprint density at radius 1 is 1.17 bits per heavy atom. The summed E-state index contributed by atoms with van der Waals surface area (Å²) in [5.74, 6) is -3.53. The molecule has 10 heteroatoms. The molecule has 1 saturated heterocycles. The Labute approximate surface area is 163 Å². The third-order valence-electron chi connectivity index (χ3n) is 4.15. The molecule has 0 spiro atoms. The Morgan fingerprint density at radius 2 is 1.90 bits per heavy atom. The number of hydrogen-bond donors (Lipinski definition) is 2. The zero-order chi connectivity index (χ0) is 21.1. The molecule has 2 N–H and O–H groups in total. The highest BCUT2D eigenvalue weighted by Crippen LogP contribution is 2.29. The Bertz CT molecular complexity index is 891. The van der Waals surface area contributed by atoms with Crippen LogP contribution in [0.4, 0.5) is 23.7 Å². The summed E-state index contributed by atoms with van der Waals surface area (Å²) in [7, 11) is 0. The molecule has 154 valence electrons. The molecule has 1 aliphatic rings. The maximum atomic E-state index is 12.5. The molecule has 1 aliphatic heterocycles. The van der Waals surface area contributed by atoms with Gasteiger partial charge in [-0.25, -0.2) is 4.79 Å². The van der Waals surface area contributed by atoms with Crippen molar-refractivity contribution in [2.45, 2.75) is 25.1 Å². The molecule has 1 fully saturated rings. The van der Waals surface area contributed by atoms with Crippen molar-refractivity contribution in [3.05, 3.63) is 60.2 Å². The first-order valence-electron chi connectivity index (χ1n) is 8.57. The van der Waals surface area contributed by atoms with Gasteiger partial charge in [0.2, 0.25) is 0 Å². The van der Waals surface area contributed by atoms with Gasteiger partial charge in [0.25, 0.3) is 11.7 Å². The van der Waals surface area contributed by atoms with Gasteiger partial charge in [0.15, 0.2) is 0 Å². The van der Waals surface area contributed by atoms with Gasteiger partial charge in [-0.2, -0.15) is 0 Å². The fraction of sp³-hybridized carbons (Fsp3) is 0.263. The van der Waals surface area contributed by atoms with Crippen molar-refractivity contribution >= 4 is 17.7 Å². The lowest BCUT2D eigenvalue weighted by Crippen LogP contribution is -2.46. The summed E-state index contributed by atoms with van der Waals surface area (Å²) < 4.78 is 45.5. The van der Waals surface area contributed by atoms with Gasteiger partial charge in [-0.1, -0.05) is 30.3 Å². The molecule has 0 radical (unpaired) electrons. The molecule has 0 saturated carbocycles. The van der Waals surface area contributed by atoms with Gasteiger partial charge in [-0.3, -0.25) is 4.79 Å². The lowest BCUT2D eigenvalue weighted by atomic mass is 10.2. The molecule has 3 rings (SSSR count). The quantitative estimate of drug-likeness (QED) is 0.740. The highest BCUT2D eigenvalue weighted by Gasteiger charge is 2.49. The van der Waals surface area contributed by atoms with Crippen molar-refractivity contribution in [3.8, 4) is 5.75 Å². The van der Waals surface area contributed by atoms with E-state index in [2.05, 4.69) is 10.1 Å². The normalized spacial score (nSPS) is 19.2. The van der Waals surface area contributed by atoms with E-state index in [1.54, 1.807) is 30.3 Å². The molecular formula is C19H17F3N2O5. The summed E-state index contributed by atoms with van der Waals surface area (Å²) in [4.78, 5) is 25.8. The van der Waals surface area contributed by atoms with Crippen LogP contribution in [0.1, 0.15) is 12.0 Å². The van der Waals surface area contributed by atoms with Gasteiger partial charge in [-0.05, 0) is 29.8 Å². The van der Waals surface area contributed by atoms with E-state index in [4.69, 9.17) is 4.74 Å². The third-order valence-corrected chi connectivity index (χ3v) is 4.15. The summed E-state index contributed by atoms with van der Waals surface area (Å²) in [6.45, 7) is -0.0377. The second-order valence-electron chi connectivity index (χ2n) is 6.27. The average molecular weight is 410 g/mol. The topological polar surface area (TPSA) is 88.1 Å². The number of carbonyl (C=O) groups excluding carboxylic acids is 2. The van der Waals surface area contributed by atoms with Gasteiger partial charge < -0.3 is 24.8 Å². The molecule has 7 nitrogen and oxygen atoms in total. The molecule has 2 aromatic rings. The Hall–Kier alpha value is -3.27. The number of anilines is 1. The number of benzene rings is 2. The third kappa shape index (κ3) is 5.17. The van der Waals surface area contributed by atoms with E-state index in [1.165, 1.54) is 17.0 Å². The Kier molecular flexibility index (Phi) is 5.64. The number of alkyl halides is 3. The minimum Gasteiger partial charge on any atom is -0.407 e. The number of amides is 2. The molecule has 0 aromatic heterocycles. The minimum atomic E-state index is -4.83. The SMILES string of the molecule is O=C(NCc1cccc(OC(F)(F)F)c1)O[C@@]1(O)CCN(c2ccccc2)C1=O. The molecule has 0 bridgehead atoms. The molecule has 1 heterocycles. The number of nitrogens with one attached hydrogen (secondary N) is 1. The first-order chi connectivity index (χ1) is 13.7. The van der Waals surface area contributed by atoms with Crippen molar-refractivity contribution in [1.29, 1.82) is 0 Å². The molecule has 2 amide bonds. The number of nitrogens with zero attached hydrogens (tertiary/aromatic N) is 1. The largest absolute Gasteiger partial charge is 0.573 e. The summed E-state index contributed by atoms with van der Waals surface area (Å²) in [5, 5.41) is 12.7. The predicted octanol–water partition coefficient (Wildman–Crippen LogP) is 2.94. The summed E-state index contributed by atoms with van der Waals surface area (Å²) in [6, 6.07) is 13.6. The summed E-state index contributed by atoms with van der Waals surface area (Å²) in [6.07, 6.45) is -6.04. The van der Waals surface area contributed by atoms with Crippen LogP contribution < -0.4 is 15.0 Å². The molecule has 2 aromatic carbocycles. The Morgan fingerprint density at radius 3 is 2.59 bits per heavy atom. The number of carbonyl (C=O) groups is 2. The van der Waals surface area contributed by atoms with Gasteiger partial charge in [0.1, 0.15) is 5.75 Å². The van der Waals surface area contributed by atoms with Crippen LogP contribution in [0.3, 0.4) is 0 Å². The molecule has 0 unspecified atom stereocenters. The standard InChI is InChI=1S/C19H17F3N2O5/c20-19(21,22)28-15-8-4-5-13(11-15)12-23-17(26)29-18(27)9-10-24(16(18)25)14-6-2-1-3-7-14/h1-8,11,27H,9-10,12H2,(H,23,26)/t18-/m0/s1. The highest BCUT2D eigenvalue weighted by atomic mass is 19.4. The van der Waals surface area contributed by atoms with Crippen molar-refractivity contribution in [2.75, 3.05) is 11.4 Å². The highest BCUT2D eigenvalue weighted by molar-refractivity contribution is 6.01. The molecular weight excluding hydrogens is 393 g/mol. The monoisotopic (exact) mass is 410 g/mol. The van der Waals surface area contributed by atoms with Crippen LogP contribution >= 0.6 is 0 Å². The van der Waals surface area contributed by atoms with Crippen molar-refractivity contribution < 1.29 is 37.3 Å². The molecule has 29 heavy (non-hydrogen) atoms. The smallest absolute Gasteiger partial charge is 0.407 e. The zero-order valence-corrected chi connectivity index (χ0v) is 15.0. The van der Waals surface area contributed by atoms with Crippen LogP contribution in [0.15, 0.2) is 54.6 Å². The lowest BCUT2D eigenvalue weighted by molar-refractivity contribution is -0.274. The van der Waals surface area contributed by atoms with Crippen LogP contribution in [-0.4, -0.2) is 35.8 Å². The van der Waals surface area contributed by atoms with E-state index >= 15 is 0 Å². The van der Waals surface area contributed by atoms with Crippen LogP contribution in [0.25, 0.3) is 0 Å². The number of rotatable bonds is 5. The number of alkyl carbamates (subject to hydrolysis) is 1. The summed E-state index contributed by atoms with van der Waals surface area (Å²) in [5.41, 5.74) is 0.860. The second-order valence-corrected chi connectivity index (χ2v) is 6.27. The fourth-order valence-electron chi connectivity index (χ4n) is 2.85. The van der Waals surface area contributed by atoms with Crippen molar-refractivity contribution in [1.82, 2.24) is 5.32 Å². The average Bonchev–Trinajstić information content (AvgIpc) is 2.94. The van der Waals surface area contributed by atoms with E-state index in [0.29, 0.717) is 11.3 Å². The second kappa shape index (κ2) is 8.00. The number of hydrogen-bond acceptors (Lipinski definition) is 5. The van der Waals surface area contributed by atoms with Gasteiger partial charge in [-0.15, -0.1) is 13.2 Å². The molecule has 1 atom stereocenters. The van der Waals surface area contributed by atoms with Gasteiger partial charge in [0, 0.05) is 25.2 Å². The first kappa shape index (κ1) is 20.5. The van der Waals surface area contributed by atoms with E-state index in [1.807, 2.05) is 0 Å². The van der Waals surface area contributed by atoms with Gasteiger partial charge in [0.05, 0.1) is 0 Å². The summed E-state index contributed by atoms with van der Waals surface area (Å²) >= 11 is 0. The van der Waals surface area contributed by atoms with Crippen LogP contribution in [0, 0.1) is 0 Å². The lowest BCUT2D eigenvalue weighted by Gasteiger charge is -2.22.